The third-order valence-corrected chi connectivity index (χ3v) is 3.08. The zero-order valence-corrected chi connectivity index (χ0v) is 12.2. The number of aromatic nitrogens is 2. The fraction of sp³-hybridized carbons (Fsp3) is 0.167. The maximum Gasteiger partial charge on any atom is 0.247 e. The first-order chi connectivity index (χ1) is 8.47. The van der Waals surface area contributed by atoms with E-state index in [9.17, 15) is 0 Å². The fourth-order valence-electron chi connectivity index (χ4n) is 1.43. The molecule has 0 aliphatic carbocycles. The quantitative estimate of drug-likeness (QED) is 0.850. The van der Waals surface area contributed by atoms with Crippen LogP contribution in [0.25, 0.3) is 0 Å². The van der Waals surface area contributed by atoms with Crippen molar-refractivity contribution >= 4 is 33.2 Å². The van der Waals surface area contributed by atoms with Crippen LogP contribution in [0.1, 0.15) is 11.3 Å². The van der Waals surface area contributed by atoms with Gasteiger partial charge in [0.2, 0.25) is 11.2 Å². The monoisotopic (exact) mass is 327 g/mol. The van der Waals surface area contributed by atoms with Crippen LogP contribution in [0.15, 0.2) is 22.7 Å². The average molecular weight is 329 g/mol. The Kier molecular flexibility index (Phi) is 3.73. The molecule has 0 amide bonds. The molecule has 94 valence electrons. The molecule has 1 heterocycles. The number of ether oxygens (including phenoxy) is 1. The van der Waals surface area contributed by atoms with Gasteiger partial charge in [-0.25, -0.2) is 4.98 Å². The molecular weight excluding hydrogens is 318 g/mol. The molecule has 0 atom stereocenters. The van der Waals surface area contributed by atoms with Crippen molar-refractivity contribution in [3.63, 3.8) is 0 Å². The zero-order chi connectivity index (χ0) is 13.3. The molecule has 2 N–H and O–H groups in total. The highest BCUT2D eigenvalue weighted by Gasteiger charge is 2.11. The van der Waals surface area contributed by atoms with E-state index in [2.05, 4.69) is 25.9 Å². The van der Waals surface area contributed by atoms with Crippen molar-refractivity contribution < 1.29 is 4.74 Å². The normalized spacial score (nSPS) is 10.4. The highest BCUT2D eigenvalue weighted by molar-refractivity contribution is 9.10. The van der Waals surface area contributed by atoms with Gasteiger partial charge in [0, 0.05) is 4.47 Å². The van der Waals surface area contributed by atoms with Gasteiger partial charge >= 0.3 is 0 Å². The number of anilines is 1. The first-order valence-electron chi connectivity index (χ1n) is 5.21. The van der Waals surface area contributed by atoms with Crippen molar-refractivity contribution in [1.29, 1.82) is 0 Å². The second kappa shape index (κ2) is 5.12. The van der Waals surface area contributed by atoms with Crippen LogP contribution in [0.2, 0.25) is 5.28 Å². The summed E-state index contributed by atoms with van der Waals surface area (Å²) in [5.41, 5.74) is 7.82. The number of nitrogen functional groups attached to an aromatic ring is 1. The molecule has 4 nitrogen and oxygen atoms in total. The number of hydrogen-bond acceptors (Lipinski definition) is 4. The molecule has 0 aliphatic heterocycles. The smallest absolute Gasteiger partial charge is 0.247 e. The lowest BCUT2D eigenvalue weighted by atomic mass is 10.2. The predicted molar refractivity (Wildman–Crippen MR) is 75.1 cm³/mol. The molecule has 0 fully saturated rings. The molecule has 1 aromatic heterocycles. The summed E-state index contributed by atoms with van der Waals surface area (Å²) >= 11 is 9.18. The number of benzene rings is 1. The third kappa shape index (κ3) is 2.73. The summed E-state index contributed by atoms with van der Waals surface area (Å²) < 4.78 is 6.66. The summed E-state index contributed by atoms with van der Waals surface area (Å²) in [4.78, 5) is 7.94. The van der Waals surface area contributed by atoms with Gasteiger partial charge in [0.1, 0.15) is 11.4 Å². The topological polar surface area (TPSA) is 61.0 Å². The Labute approximate surface area is 118 Å². The highest BCUT2D eigenvalue weighted by Crippen LogP contribution is 2.31. The molecule has 0 bridgehead atoms. The van der Waals surface area contributed by atoms with Crippen LogP contribution < -0.4 is 10.5 Å². The van der Waals surface area contributed by atoms with Crippen LogP contribution in [0, 0.1) is 13.8 Å². The van der Waals surface area contributed by atoms with Gasteiger partial charge in [0.25, 0.3) is 0 Å². The van der Waals surface area contributed by atoms with Crippen LogP contribution in [0.5, 0.6) is 11.6 Å². The summed E-state index contributed by atoms with van der Waals surface area (Å²) in [6.45, 7) is 3.69. The van der Waals surface area contributed by atoms with E-state index in [-0.39, 0.29) is 11.2 Å². The highest BCUT2D eigenvalue weighted by atomic mass is 79.9. The van der Waals surface area contributed by atoms with Gasteiger partial charge < -0.3 is 10.5 Å². The molecule has 2 rings (SSSR count). The molecule has 0 unspecified atom stereocenters. The Bertz CT molecular complexity index is 604. The van der Waals surface area contributed by atoms with Crippen molar-refractivity contribution in [3.05, 3.63) is 39.2 Å². The van der Waals surface area contributed by atoms with Gasteiger partial charge in [-0.2, -0.15) is 4.98 Å². The number of nitrogens with two attached hydrogens (primary N) is 1. The summed E-state index contributed by atoms with van der Waals surface area (Å²) in [7, 11) is 0. The largest absolute Gasteiger partial charge is 0.437 e. The first-order valence-corrected chi connectivity index (χ1v) is 6.38. The van der Waals surface area contributed by atoms with Gasteiger partial charge in [-0.1, -0.05) is 15.9 Å². The summed E-state index contributed by atoms with van der Waals surface area (Å²) in [5.74, 6) is 0.956. The summed E-state index contributed by atoms with van der Waals surface area (Å²) in [6.07, 6.45) is 0. The maximum absolute atomic E-state index is 5.86. The molecule has 18 heavy (non-hydrogen) atoms. The molecular formula is C12H11BrClN3O. The van der Waals surface area contributed by atoms with Gasteiger partial charge in [-0.15, -0.1) is 0 Å². The average Bonchev–Trinajstić information content (AvgIpc) is 2.29. The molecule has 0 saturated heterocycles. The van der Waals surface area contributed by atoms with Crippen molar-refractivity contribution in [3.8, 4) is 11.6 Å². The minimum absolute atomic E-state index is 0.117. The van der Waals surface area contributed by atoms with E-state index in [1.807, 2.05) is 25.1 Å². The second-order valence-corrected chi connectivity index (χ2v) is 5.06. The van der Waals surface area contributed by atoms with Crippen LogP contribution in [-0.2, 0) is 0 Å². The van der Waals surface area contributed by atoms with Crippen molar-refractivity contribution in [2.75, 3.05) is 5.73 Å². The van der Waals surface area contributed by atoms with Gasteiger partial charge in [0.05, 0.1) is 5.69 Å². The van der Waals surface area contributed by atoms with Crippen LogP contribution in [0.3, 0.4) is 0 Å². The zero-order valence-electron chi connectivity index (χ0n) is 9.87. The number of aryl methyl sites for hydroxylation is 2. The summed E-state index contributed by atoms with van der Waals surface area (Å²) in [5, 5.41) is 0.117. The SMILES string of the molecule is Cc1cc(Br)ccc1Oc1nc(Cl)nc(C)c1N. The van der Waals surface area contributed by atoms with Gasteiger partial charge in [-0.05, 0) is 49.2 Å². The predicted octanol–water partition coefficient (Wildman–Crippen LogP) is 3.88. The minimum Gasteiger partial charge on any atom is -0.437 e. The standard InChI is InChI=1S/C12H11BrClN3O/c1-6-5-8(13)3-4-9(6)18-11-10(15)7(2)16-12(14)17-11/h3-5H,15H2,1-2H3. The van der Waals surface area contributed by atoms with Gasteiger partial charge in [-0.3, -0.25) is 0 Å². The van der Waals surface area contributed by atoms with Gasteiger partial charge in [0.15, 0.2) is 0 Å². The molecule has 0 saturated carbocycles. The first kappa shape index (κ1) is 13.1. The summed E-state index contributed by atoms with van der Waals surface area (Å²) in [6, 6.07) is 5.67. The maximum atomic E-state index is 5.86. The van der Waals surface area contributed by atoms with E-state index >= 15 is 0 Å². The van der Waals surface area contributed by atoms with Crippen LogP contribution in [0.4, 0.5) is 5.69 Å². The van der Waals surface area contributed by atoms with Crippen molar-refractivity contribution in [2.45, 2.75) is 13.8 Å². The molecule has 1 aromatic carbocycles. The number of halogens is 2. The van der Waals surface area contributed by atoms with E-state index in [0.29, 0.717) is 17.1 Å². The minimum atomic E-state index is 0.117. The van der Waals surface area contributed by atoms with E-state index < -0.39 is 0 Å². The lowest BCUT2D eigenvalue weighted by Crippen LogP contribution is -2.01. The fourth-order valence-corrected chi connectivity index (χ4v) is 2.11. The van der Waals surface area contributed by atoms with E-state index in [1.54, 1.807) is 6.92 Å². The Hall–Kier alpha value is -1.33. The lowest BCUT2D eigenvalue weighted by molar-refractivity contribution is 0.460. The second-order valence-electron chi connectivity index (χ2n) is 3.81. The van der Waals surface area contributed by atoms with E-state index in [1.165, 1.54) is 0 Å². The Morgan fingerprint density at radius 2 is 2.00 bits per heavy atom. The number of nitrogens with zero attached hydrogens (tertiary/aromatic N) is 2. The Morgan fingerprint density at radius 1 is 1.28 bits per heavy atom. The molecule has 0 radical (unpaired) electrons. The molecule has 2 aromatic rings. The van der Waals surface area contributed by atoms with E-state index in [4.69, 9.17) is 22.1 Å². The third-order valence-electron chi connectivity index (χ3n) is 2.42. The van der Waals surface area contributed by atoms with Crippen molar-refractivity contribution in [1.82, 2.24) is 9.97 Å². The Balaban J connectivity index is 2.40. The van der Waals surface area contributed by atoms with Crippen LogP contribution in [-0.4, -0.2) is 9.97 Å². The molecule has 0 spiro atoms. The number of hydrogen-bond donors (Lipinski definition) is 1. The lowest BCUT2D eigenvalue weighted by Gasteiger charge is -2.11. The molecule has 6 heteroatoms. The molecule has 0 aliphatic rings. The van der Waals surface area contributed by atoms with Crippen molar-refractivity contribution in [2.24, 2.45) is 0 Å². The van der Waals surface area contributed by atoms with E-state index in [0.717, 1.165) is 10.0 Å². The van der Waals surface area contributed by atoms with Crippen LogP contribution >= 0.6 is 27.5 Å². The number of rotatable bonds is 2. The Morgan fingerprint density at radius 3 is 2.67 bits per heavy atom.